The van der Waals surface area contributed by atoms with Crippen LogP contribution in [0.5, 0.6) is 0 Å². The van der Waals surface area contributed by atoms with Crippen molar-refractivity contribution in [3.8, 4) is 0 Å². The number of piperazine rings is 1. The van der Waals surface area contributed by atoms with E-state index in [4.69, 9.17) is 0 Å². The summed E-state index contributed by atoms with van der Waals surface area (Å²) in [6.07, 6.45) is 4.24. The summed E-state index contributed by atoms with van der Waals surface area (Å²) < 4.78 is 0. The van der Waals surface area contributed by atoms with E-state index in [0.29, 0.717) is 6.04 Å². The molecule has 1 aromatic rings. The lowest BCUT2D eigenvalue weighted by molar-refractivity contribution is 0.0837. The molecule has 1 N–H and O–H groups in total. The molecule has 3 rings (SSSR count). The third-order valence-corrected chi connectivity index (χ3v) is 5.50. The minimum absolute atomic E-state index is 0.640. The first-order chi connectivity index (χ1) is 10.8. The molecule has 3 heteroatoms. The van der Waals surface area contributed by atoms with E-state index in [2.05, 4.69) is 53.2 Å². The van der Waals surface area contributed by atoms with Crippen molar-refractivity contribution in [2.75, 3.05) is 44.2 Å². The Morgan fingerprint density at radius 1 is 1.09 bits per heavy atom. The van der Waals surface area contributed by atoms with Gasteiger partial charge < -0.3 is 10.2 Å². The smallest absolute Gasteiger partial charge is 0.0377 e. The molecule has 122 valence electrons. The first-order valence-electron chi connectivity index (χ1n) is 9.13. The summed E-state index contributed by atoms with van der Waals surface area (Å²) in [5.41, 5.74) is 2.89. The van der Waals surface area contributed by atoms with Crippen molar-refractivity contribution in [3.63, 3.8) is 0 Å². The van der Waals surface area contributed by atoms with Crippen molar-refractivity contribution in [1.82, 2.24) is 10.2 Å². The van der Waals surface area contributed by atoms with Gasteiger partial charge in [-0.3, -0.25) is 4.90 Å². The van der Waals surface area contributed by atoms with Crippen molar-refractivity contribution >= 4 is 5.69 Å². The summed E-state index contributed by atoms with van der Waals surface area (Å²) in [4.78, 5) is 5.14. The molecule has 0 unspecified atom stereocenters. The quantitative estimate of drug-likeness (QED) is 0.870. The predicted molar refractivity (Wildman–Crippen MR) is 94.5 cm³/mol. The first-order valence-corrected chi connectivity index (χ1v) is 9.13. The third kappa shape index (κ3) is 3.31. The second-order valence-corrected chi connectivity index (χ2v) is 6.69. The van der Waals surface area contributed by atoms with Gasteiger partial charge in [-0.2, -0.15) is 0 Å². The van der Waals surface area contributed by atoms with Crippen molar-refractivity contribution in [3.05, 3.63) is 29.8 Å². The van der Waals surface area contributed by atoms with E-state index in [1.54, 1.807) is 0 Å². The van der Waals surface area contributed by atoms with Crippen LogP contribution in [-0.4, -0.2) is 44.2 Å². The van der Waals surface area contributed by atoms with Gasteiger partial charge >= 0.3 is 0 Å². The fourth-order valence-corrected chi connectivity index (χ4v) is 3.97. The molecular formula is C19H31N3. The van der Waals surface area contributed by atoms with Crippen LogP contribution in [0, 0.1) is 5.92 Å². The lowest BCUT2D eigenvalue weighted by Gasteiger charge is -2.43. The molecule has 1 saturated carbocycles. The molecule has 1 aliphatic carbocycles. The zero-order chi connectivity index (χ0) is 15.4. The van der Waals surface area contributed by atoms with Gasteiger partial charge in [-0.1, -0.05) is 18.6 Å². The summed E-state index contributed by atoms with van der Waals surface area (Å²) in [6.45, 7) is 11.3. The summed E-state index contributed by atoms with van der Waals surface area (Å²) in [6, 6.07) is 10.1. The molecule has 0 bridgehead atoms. The highest BCUT2D eigenvalue weighted by atomic mass is 15.2. The fourth-order valence-electron chi connectivity index (χ4n) is 3.97. The maximum absolute atomic E-state index is 3.49. The van der Waals surface area contributed by atoms with Gasteiger partial charge in [0, 0.05) is 51.0 Å². The topological polar surface area (TPSA) is 18.5 Å². The Hall–Kier alpha value is -1.06. The van der Waals surface area contributed by atoms with E-state index in [1.807, 2.05) is 0 Å². The van der Waals surface area contributed by atoms with Crippen LogP contribution in [-0.2, 0) is 0 Å². The van der Waals surface area contributed by atoms with Crippen LogP contribution < -0.4 is 10.2 Å². The van der Waals surface area contributed by atoms with Gasteiger partial charge in [0.05, 0.1) is 0 Å². The summed E-state index contributed by atoms with van der Waals surface area (Å²) in [5.74, 6) is 0.873. The molecule has 1 saturated heterocycles. The molecule has 0 amide bonds. The molecule has 3 nitrogen and oxygen atoms in total. The van der Waals surface area contributed by atoms with E-state index in [9.17, 15) is 0 Å². The average Bonchev–Trinajstić information content (AvgIpc) is 2.53. The molecule has 0 radical (unpaired) electrons. The van der Waals surface area contributed by atoms with Crippen molar-refractivity contribution in [2.24, 2.45) is 5.92 Å². The Bertz CT molecular complexity index is 442. The monoisotopic (exact) mass is 301 g/mol. The average molecular weight is 301 g/mol. The second kappa shape index (κ2) is 7.47. The van der Waals surface area contributed by atoms with Crippen LogP contribution in [0.25, 0.3) is 0 Å². The SMILES string of the molecule is CCN(CC)c1ccc([C@@H](C2CCC2)N2CCNCC2)cc1. The molecule has 1 aromatic carbocycles. The summed E-state index contributed by atoms with van der Waals surface area (Å²) in [7, 11) is 0. The van der Waals surface area contributed by atoms with E-state index in [-0.39, 0.29) is 0 Å². The molecule has 0 aromatic heterocycles. The lowest BCUT2D eigenvalue weighted by atomic mass is 9.76. The zero-order valence-electron chi connectivity index (χ0n) is 14.2. The minimum atomic E-state index is 0.640. The zero-order valence-corrected chi connectivity index (χ0v) is 14.2. The number of hydrogen-bond donors (Lipinski definition) is 1. The molecule has 1 heterocycles. The second-order valence-electron chi connectivity index (χ2n) is 6.69. The van der Waals surface area contributed by atoms with Crippen LogP contribution >= 0.6 is 0 Å². The molecule has 1 aliphatic heterocycles. The van der Waals surface area contributed by atoms with Gasteiger partial charge in [0.15, 0.2) is 0 Å². The number of anilines is 1. The van der Waals surface area contributed by atoms with Gasteiger partial charge in [0.1, 0.15) is 0 Å². The van der Waals surface area contributed by atoms with Crippen LogP contribution in [0.4, 0.5) is 5.69 Å². The standard InChI is InChI=1S/C19H31N3/c1-3-21(4-2)18-10-8-17(9-11-18)19(16-6-5-7-16)22-14-12-20-13-15-22/h8-11,16,19-20H,3-7,12-15H2,1-2H3/t19-/m1/s1. The Labute approximate surface area is 135 Å². The van der Waals surface area contributed by atoms with Gasteiger partial charge in [0.25, 0.3) is 0 Å². The van der Waals surface area contributed by atoms with Crippen LogP contribution in [0.15, 0.2) is 24.3 Å². The van der Waals surface area contributed by atoms with Gasteiger partial charge in [-0.25, -0.2) is 0 Å². The third-order valence-electron chi connectivity index (χ3n) is 5.50. The predicted octanol–water partition coefficient (Wildman–Crippen LogP) is 3.28. The van der Waals surface area contributed by atoms with E-state index in [0.717, 1.165) is 32.1 Å². The van der Waals surface area contributed by atoms with E-state index in [1.165, 1.54) is 43.6 Å². The molecule has 2 fully saturated rings. The van der Waals surface area contributed by atoms with Crippen molar-refractivity contribution in [2.45, 2.75) is 39.2 Å². The van der Waals surface area contributed by atoms with Crippen LogP contribution in [0.3, 0.4) is 0 Å². The van der Waals surface area contributed by atoms with E-state index >= 15 is 0 Å². The molecule has 0 spiro atoms. The molecule has 1 atom stereocenters. The maximum atomic E-state index is 3.49. The van der Waals surface area contributed by atoms with Crippen molar-refractivity contribution in [1.29, 1.82) is 0 Å². The Morgan fingerprint density at radius 3 is 2.23 bits per heavy atom. The highest BCUT2D eigenvalue weighted by Crippen LogP contribution is 2.41. The summed E-state index contributed by atoms with van der Waals surface area (Å²) >= 11 is 0. The number of nitrogens with one attached hydrogen (secondary N) is 1. The molecular weight excluding hydrogens is 270 g/mol. The highest BCUT2D eigenvalue weighted by Gasteiger charge is 2.33. The minimum Gasteiger partial charge on any atom is -0.372 e. The highest BCUT2D eigenvalue weighted by molar-refractivity contribution is 5.48. The number of rotatable bonds is 6. The van der Waals surface area contributed by atoms with Crippen molar-refractivity contribution < 1.29 is 0 Å². The Morgan fingerprint density at radius 2 is 1.73 bits per heavy atom. The first kappa shape index (κ1) is 15.8. The van der Waals surface area contributed by atoms with Gasteiger partial charge in [0.2, 0.25) is 0 Å². The lowest BCUT2D eigenvalue weighted by Crippen LogP contribution is -2.47. The molecule has 22 heavy (non-hydrogen) atoms. The maximum Gasteiger partial charge on any atom is 0.0377 e. The Balaban J connectivity index is 1.78. The largest absolute Gasteiger partial charge is 0.372 e. The summed E-state index contributed by atoms with van der Waals surface area (Å²) in [5, 5.41) is 3.49. The van der Waals surface area contributed by atoms with Gasteiger partial charge in [-0.15, -0.1) is 0 Å². The molecule has 2 aliphatic rings. The number of benzene rings is 1. The van der Waals surface area contributed by atoms with Crippen LogP contribution in [0.1, 0.15) is 44.7 Å². The number of hydrogen-bond acceptors (Lipinski definition) is 3. The number of nitrogens with zero attached hydrogens (tertiary/aromatic N) is 2. The Kier molecular flexibility index (Phi) is 5.37. The van der Waals surface area contributed by atoms with Gasteiger partial charge in [-0.05, 0) is 50.3 Å². The fraction of sp³-hybridized carbons (Fsp3) is 0.684. The normalized spacial score (nSPS) is 21.4. The van der Waals surface area contributed by atoms with E-state index < -0.39 is 0 Å². The van der Waals surface area contributed by atoms with Crippen LogP contribution in [0.2, 0.25) is 0 Å².